The molecular formula is C21H28F2N4O3S. The van der Waals surface area contributed by atoms with Gasteiger partial charge in [0.25, 0.3) is 0 Å². The predicted octanol–water partition coefficient (Wildman–Crippen LogP) is 2.55. The molecule has 1 unspecified atom stereocenters. The summed E-state index contributed by atoms with van der Waals surface area (Å²) in [5, 5.41) is 0. The predicted molar refractivity (Wildman–Crippen MR) is 111 cm³/mol. The summed E-state index contributed by atoms with van der Waals surface area (Å²) >= 11 is 0. The monoisotopic (exact) mass is 454 g/mol. The zero-order chi connectivity index (χ0) is 21.6. The Balaban J connectivity index is 1.05. The van der Waals surface area contributed by atoms with Crippen molar-refractivity contribution < 1.29 is 22.5 Å². The smallest absolute Gasteiger partial charge is 0.388 e. The van der Waals surface area contributed by atoms with Gasteiger partial charge in [-0.05, 0) is 50.0 Å². The molecule has 3 aliphatic heterocycles. The van der Waals surface area contributed by atoms with Crippen molar-refractivity contribution >= 4 is 17.0 Å². The Hall–Kier alpha value is -1.81. The Kier molecular flexibility index (Phi) is 5.40. The molecule has 7 nitrogen and oxygen atoms in total. The second kappa shape index (κ2) is 7.95. The number of likely N-dealkylation sites (tertiary alicyclic amines) is 2. The van der Waals surface area contributed by atoms with E-state index in [0.717, 1.165) is 57.2 Å². The van der Waals surface area contributed by atoms with Gasteiger partial charge in [-0.1, -0.05) is 6.07 Å². The SMILES string of the molecule is O=C(N1CC2(CCC(Cc3ccc(OC(F)F)nc3)CC2)C1)N1CC2(CCS(=O)N2)C1. The Morgan fingerprint density at radius 2 is 1.90 bits per heavy atom. The Morgan fingerprint density at radius 3 is 2.48 bits per heavy atom. The molecule has 2 spiro atoms. The summed E-state index contributed by atoms with van der Waals surface area (Å²) in [6.45, 7) is 0.149. The quantitative estimate of drug-likeness (QED) is 0.759. The first kappa shape index (κ1) is 21.1. The van der Waals surface area contributed by atoms with Crippen molar-refractivity contribution in [3.8, 4) is 5.88 Å². The average Bonchev–Trinajstić information content (AvgIpc) is 3.09. The van der Waals surface area contributed by atoms with Crippen LogP contribution in [0.4, 0.5) is 13.6 Å². The topological polar surface area (TPSA) is 74.8 Å². The first-order valence-electron chi connectivity index (χ1n) is 10.9. The van der Waals surface area contributed by atoms with E-state index in [-0.39, 0.29) is 22.9 Å². The van der Waals surface area contributed by atoms with Crippen LogP contribution in [0.15, 0.2) is 18.3 Å². The van der Waals surface area contributed by atoms with Gasteiger partial charge < -0.3 is 14.5 Å². The summed E-state index contributed by atoms with van der Waals surface area (Å²) in [6, 6.07) is 3.43. The molecule has 31 heavy (non-hydrogen) atoms. The van der Waals surface area contributed by atoms with E-state index in [2.05, 4.69) is 14.4 Å². The highest BCUT2D eigenvalue weighted by atomic mass is 32.2. The van der Waals surface area contributed by atoms with E-state index in [1.165, 1.54) is 6.07 Å². The zero-order valence-electron chi connectivity index (χ0n) is 17.4. The standard InChI is InChI=1S/C21H28F2N4O3S/c22-18(23)30-17-2-1-16(10-24-17)9-15-3-5-20(6-4-15)11-26(12-20)19(28)27-13-21(14-27)7-8-31(29)25-21/h1-2,10,15,18,25H,3-9,11-14H2. The van der Waals surface area contributed by atoms with Crippen LogP contribution in [0.2, 0.25) is 0 Å². The van der Waals surface area contributed by atoms with E-state index < -0.39 is 17.6 Å². The fourth-order valence-electron chi connectivity index (χ4n) is 5.61. The van der Waals surface area contributed by atoms with Crippen LogP contribution in [0.5, 0.6) is 5.88 Å². The molecule has 1 atom stereocenters. The van der Waals surface area contributed by atoms with Crippen molar-refractivity contribution in [2.75, 3.05) is 31.9 Å². The van der Waals surface area contributed by atoms with Crippen molar-refractivity contribution in [1.29, 1.82) is 0 Å². The first-order chi connectivity index (χ1) is 14.8. The van der Waals surface area contributed by atoms with Crippen molar-refractivity contribution in [1.82, 2.24) is 19.5 Å². The highest BCUT2D eigenvalue weighted by Crippen LogP contribution is 2.47. The number of urea groups is 1. The fraction of sp³-hybridized carbons (Fsp3) is 0.714. The molecule has 0 aromatic carbocycles. The number of pyridine rings is 1. The van der Waals surface area contributed by atoms with Gasteiger partial charge in [-0.3, -0.25) is 0 Å². The minimum atomic E-state index is -2.85. The van der Waals surface area contributed by atoms with Crippen LogP contribution in [0.25, 0.3) is 0 Å². The Bertz CT molecular complexity index is 847. The summed E-state index contributed by atoms with van der Waals surface area (Å²) in [4.78, 5) is 20.5. The molecule has 0 radical (unpaired) electrons. The van der Waals surface area contributed by atoms with Gasteiger partial charge >= 0.3 is 12.6 Å². The molecule has 1 saturated carbocycles. The van der Waals surface area contributed by atoms with Gasteiger partial charge in [0.1, 0.15) is 0 Å². The van der Waals surface area contributed by atoms with Crippen LogP contribution in [-0.2, 0) is 17.4 Å². The van der Waals surface area contributed by atoms with E-state index in [9.17, 15) is 17.8 Å². The third kappa shape index (κ3) is 4.28. The molecule has 4 aliphatic rings. The molecule has 1 aliphatic carbocycles. The number of carbonyl (C=O) groups is 1. The van der Waals surface area contributed by atoms with Gasteiger partial charge in [0.15, 0.2) is 0 Å². The lowest BCUT2D eigenvalue weighted by Crippen LogP contribution is -2.72. The maximum Gasteiger partial charge on any atom is 0.388 e. The highest BCUT2D eigenvalue weighted by Gasteiger charge is 2.53. The minimum absolute atomic E-state index is 0.0503. The molecular weight excluding hydrogens is 426 g/mol. The van der Waals surface area contributed by atoms with Gasteiger partial charge in [-0.2, -0.15) is 8.78 Å². The molecule has 3 saturated heterocycles. The second-order valence-corrected chi connectivity index (χ2v) is 11.0. The highest BCUT2D eigenvalue weighted by molar-refractivity contribution is 7.83. The third-order valence-corrected chi connectivity index (χ3v) is 8.61. The molecule has 10 heteroatoms. The number of halogens is 2. The van der Waals surface area contributed by atoms with Gasteiger partial charge in [0.05, 0.1) is 16.5 Å². The number of nitrogens with one attached hydrogen (secondary N) is 1. The van der Waals surface area contributed by atoms with Crippen molar-refractivity contribution in [3.63, 3.8) is 0 Å². The number of nitrogens with zero attached hydrogens (tertiary/aromatic N) is 3. The van der Waals surface area contributed by atoms with E-state index in [1.807, 2.05) is 15.9 Å². The third-order valence-electron chi connectivity index (χ3n) is 7.37. The lowest BCUT2D eigenvalue weighted by Gasteiger charge is -2.57. The molecule has 1 aromatic rings. The number of hydrogen-bond acceptors (Lipinski definition) is 4. The Morgan fingerprint density at radius 1 is 1.19 bits per heavy atom. The van der Waals surface area contributed by atoms with Crippen LogP contribution in [0.1, 0.15) is 37.7 Å². The molecule has 1 aromatic heterocycles. The van der Waals surface area contributed by atoms with Gasteiger partial charge in [-0.25, -0.2) is 18.7 Å². The molecule has 1 N–H and O–H groups in total. The van der Waals surface area contributed by atoms with E-state index >= 15 is 0 Å². The normalized spacial score (nSPS) is 26.9. The summed E-state index contributed by atoms with van der Waals surface area (Å²) in [5.74, 6) is 1.19. The molecule has 4 heterocycles. The molecule has 2 amide bonds. The number of ether oxygens (including phenoxy) is 1. The van der Waals surface area contributed by atoms with Crippen LogP contribution >= 0.6 is 0 Å². The zero-order valence-corrected chi connectivity index (χ0v) is 18.2. The largest absolute Gasteiger partial charge is 0.417 e. The van der Waals surface area contributed by atoms with Crippen molar-refractivity contribution in [2.45, 2.75) is 50.7 Å². The number of amides is 2. The minimum Gasteiger partial charge on any atom is -0.417 e. The number of aromatic nitrogens is 1. The van der Waals surface area contributed by atoms with Gasteiger partial charge in [0, 0.05) is 49.6 Å². The molecule has 4 fully saturated rings. The summed E-state index contributed by atoms with van der Waals surface area (Å²) in [6.07, 6.45) is 7.86. The summed E-state index contributed by atoms with van der Waals surface area (Å²) in [5.41, 5.74) is 1.19. The Labute approximate surface area is 183 Å². The number of rotatable bonds is 4. The number of carbonyl (C=O) groups excluding carboxylic acids is 1. The van der Waals surface area contributed by atoms with E-state index in [1.54, 1.807) is 6.20 Å². The van der Waals surface area contributed by atoms with Crippen LogP contribution in [0.3, 0.4) is 0 Å². The number of alkyl halides is 2. The summed E-state index contributed by atoms with van der Waals surface area (Å²) in [7, 11) is -0.941. The van der Waals surface area contributed by atoms with Crippen molar-refractivity contribution in [3.05, 3.63) is 23.9 Å². The fourth-order valence-corrected chi connectivity index (χ4v) is 7.00. The lowest BCUT2D eigenvalue weighted by atomic mass is 9.65. The lowest BCUT2D eigenvalue weighted by molar-refractivity contribution is -0.0528. The van der Waals surface area contributed by atoms with E-state index in [0.29, 0.717) is 24.8 Å². The average molecular weight is 455 g/mol. The summed E-state index contributed by atoms with van der Waals surface area (Å²) < 4.78 is 43.5. The molecule has 170 valence electrons. The van der Waals surface area contributed by atoms with Crippen LogP contribution in [-0.4, -0.2) is 69.1 Å². The molecule has 5 rings (SSSR count). The maximum atomic E-state index is 12.7. The first-order valence-corrected chi connectivity index (χ1v) is 12.3. The van der Waals surface area contributed by atoms with Crippen LogP contribution in [0, 0.1) is 11.3 Å². The number of hydrogen-bond donors (Lipinski definition) is 1. The van der Waals surface area contributed by atoms with Gasteiger partial charge in [-0.15, -0.1) is 0 Å². The molecule has 0 bridgehead atoms. The maximum absolute atomic E-state index is 12.7. The van der Waals surface area contributed by atoms with Crippen molar-refractivity contribution in [2.24, 2.45) is 11.3 Å². The van der Waals surface area contributed by atoms with Crippen LogP contribution < -0.4 is 9.46 Å². The van der Waals surface area contributed by atoms with E-state index in [4.69, 9.17) is 0 Å². The second-order valence-electron chi connectivity index (χ2n) is 9.71. The van der Waals surface area contributed by atoms with Gasteiger partial charge in [0.2, 0.25) is 5.88 Å².